The molecule has 0 unspecified atom stereocenters. The van der Waals surface area contributed by atoms with Crippen LogP contribution < -0.4 is 9.64 Å². The van der Waals surface area contributed by atoms with Crippen LogP contribution >= 0.6 is 0 Å². The van der Waals surface area contributed by atoms with E-state index in [2.05, 4.69) is 16.8 Å². The SMILES string of the molecule is COc1ccc(C=CC(=O)c2cc(-c3ccc(F)cc3)ccc2N2CCN(C)CC2)c(F)c1. The van der Waals surface area contributed by atoms with Crippen LogP contribution in [0.25, 0.3) is 17.2 Å². The molecule has 0 aromatic heterocycles. The average molecular weight is 449 g/mol. The lowest BCUT2D eigenvalue weighted by Crippen LogP contribution is -2.45. The maximum atomic E-state index is 14.3. The minimum Gasteiger partial charge on any atom is -0.497 e. The number of likely N-dealkylation sites (N-methyl/N-ethyl adjacent to an activating group) is 1. The third-order valence-electron chi connectivity index (χ3n) is 5.91. The first-order valence-corrected chi connectivity index (χ1v) is 10.8. The van der Waals surface area contributed by atoms with Gasteiger partial charge >= 0.3 is 0 Å². The number of anilines is 1. The van der Waals surface area contributed by atoms with Gasteiger partial charge in [-0.25, -0.2) is 8.78 Å². The molecule has 3 aromatic rings. The standard InChI is InChI=1S/C27H26F2N2O2/c1-30-13-15-31(16-14-30)26-11-6-21(19-3-8-22(28)9-4-19)17-24(26)27(32)12-7-20-5-10-23(33-2)18-25(20)29/h3-12,17-18H,13-16H2,1-2H3. The van der Waals surface area contributed by atoms with Gasteiger partial charge in [-0.15, -0.1) is 0 Å². The summed E-state index contributed by atoms with van der Waals surface area (Å²) in [5.74, 6) is -0.574. The van der Waals surface area contributed by atoms with Gasteiger partial charge < -0.3 is 14.5 Å². The molecular formula is C27H26F2N2O2. The van der Waals surface area contributed by atoms with Gasteiger partial charge in [0.05, 0.1) is 7.11 Å². The number of carbonyl (C=O) groups excluding carboxylic acids is 1. The number of ketones is 1. The molecule has 0 bridgehead atoms. The number of ether oxygens (including phenoxy) is 1. The van der Waals surface area contributed by atoms with Gasteiger partial charge in [0.1, 0.15) is 17.4 Å². The number of nitrogens with zero attached hydrogens (tertiary/aromatic N) is 2. The van der Waals surface area contributed by atoms with Crippen molar-refractivity contribution >= 4 is 17.5 Å². The van der Waals surface area contributed by atoms with E-state index in [0.29, 0.717) is 16.9 Å². The zero-order valence-corrected chi connectivity index (χ0v) is 18.7. The summed E-state index contributed by atoms with van der Waals surface area (Å²) in [6, 6.07) is 16.4. The molecule has 6 heteroatoms. The number of halogens is 2. The van der Waals surface area contributed by atoms with Crippen molar-refractivity contribution in [3.8, 4) is 16.9 Å². The van der Waals surface area contributed by atoms with Crippen molar-refractivity contribution in [3.05, 3.63) is 89.5 Å². The summed E-state index contributed by atoms with van der Waals surface area (Å²) in [4.78, 5) is 17.7. The van der Waals surface area contributed by atoms with Crippen LogP contribution in [0.15, 0.2) is 66.7 Å². The highest BCUT2D eigenvalue weighted by molar-refractivity contribution is 6.11. The Bertz CT molecular complexity index is 1170. The molecule has 1 heterocycles. The number of rotatable bonds is 6. The monoisotopic (exact) mass is 448 g/mol. The molecule has 0 atom stereocenters. The van der Waals surface area contributed by atoms with E-state index < -0.39 is 5.82 Å². The van der Waals surface area contributed by atoms with Gasteiger partial charge in [0.15, 0.2) is 5.78 Å². The molecule has 1 aliphatic heterocycles. The molecule has 1 saturated heterocycles. The normalized spacial score (nSPS) is 14.6. The van der Waals surface area contributed by atoms with Crippen molar-refractivity contribution in [2.24, 2.45) is 0 Å². The molecule has 3 aromatic carbocycles. The van der Waals surface area contributed by atoms with Gasteiger partial charge in [-0.3, -0.25) is 4.79 Å². The van der Waals surface area contributed by atoms with Gasteiger partial charge in [0, 0.05) is 49.1 Å². The predicted octanol–water partition coefficient (Wildman–Crippen LogP) is 5.29. The van der Waals surface area contributed by atoms with Crippen LogP contribution in [-0.4, -0.2) is 51.0 Å². The highest BCUT2D eigenvalue weighted by Crippen LogP contribution is 2.30. The molecule has 33 heavy (non-hydrogen) atoms. The summed E-state index contributed by atoms with van der Waals surface area (Å²) in [7, 11) is 3.55. The van der Waals surface area contributed by atoms with Crippen LogP contribution in [0.1, 0.15) is 15.9 Å². The first-order chi connectivity index (χ1) is 15.9. The second-order valence-corrected chi connectivity index (χ2v) is 8.11. The number of piperazine rings is 1. The summed E-state index contributed by atoms with van der Waals surface area (Å²) in [5.41, 5.74) is 3.33. The predicted molar refractivity (Wildman–Crippen MR) is 128 cm³/mol. The van der Waals surface area contributed by atoms with Crippen LogP contribution in [-0.2, 0) is 0 Å². The van der Waals surface area contributed by atoms with Crippen molar-refractivity contribution in [3.63, 3.8) is 0 Å². The zero-order chi connectivity index (χ0) is 23.4. The Hall–Kier alpha value is -3.51. The van der Waals surface area contributed by atoms with Gasteiger partial charge in [-0.05, 0) is 66.7 Å². The highest BCUT2D eigenvalue weighted by atomic mass is 19.1. The minimum absolute atomic E-state index is 0.219. The van der Waals surface area contributed by atoms with Crippen LogP contribution in [0.3, 0.4) is 0 Å². The van der Waals surface area contributed by atoms with E-state index in [1.807, 2.05) is 18.2 Å². The van der Waals surface area contributed by atoms with E-state index in [9.17, 15) is 13.6 Å². The number of carbonyl (C=O) groups is 1. The maximum absolute atomic E-state index is 14.3. The number of benzene rings is 3. The molecule has 4 rings (SSSR count). The lowest BCUT2D eigenvalue weighted by atomic mass is 9.98. The molecule has 1 fully saturated rings. The molecule has 0 aliphatic carbocycles. The Morgan fingerprint density at radius 1 is 0.909 bits per heavy atom. The summed E-state index contributed by atoms with van der Waals surface area (Å²) in [6.07, 6.45) is 2.88. The number of hydrogen-bond acceptors (Lipinski definition) is 4. The molecule has 0 amide bonds. The van der Waals surface area contributed by atoms with Crippen molar-refractivity contribution in [2.75, 3.05) is 45.2 Å². The summed E-state index contributed by atoms with van der Waals surface area (Å²) in [5, 5.41) is 0. The van der Waals surface area contributed by atoms with E-state index in [1.54, 1.807) is 24.3 Å². The molecular weight excluding hydrogens is 422 g/mol. The first-order valence-electron chi connectivity index (χ1n) is 10.8. The van der Waals surface area contributed by atoms with E-state index >= 15 is 0 Å². The summed E-state index contributed by atoms with van der Waals surface area (Å²) >= 11 is 0. The fourth-order valence-corrected chi connectivity index (χ4v) is 3.90. The summed E-state index contributed by atoms with van der Waals surface area (Å²) in [6.45, 7) is 3.42. The number of allylic oxidation sites excluding steroid dienone is 1. The topological polar surface area (TPSA) is 32.8 Å². The largest absolute Gasteiger partial charge is 0.497 e. The quantitative estimate of drug-likeness (QED) is 0.379. The Kier molecular flexibility index (Phi) is 6.84. The number of hydrogen-bond donors (Lipinski definition) is 0. The lowest BCUT2D eigenvalue weighted by molar-refractivity contribution is 0.104. The Labute approximate surface area is 192 Å². The molecule has 0 radical (unpaired) electrons. The van der Waals surface area contributed by atoms with Crippen LogP contribution in [0.2, 0.25) is 0 Å². The van der Waals surface area contributed by atoms with Gasteiger partial charge in [-0.2, -0.15) is 0 Å². The molecule has 1 aliphatic rings. The Morgan fingerprint density at radius 3 is 2.27 bits per heavy atom. The van der Waals surface area contributed by atoms with Crippen LogP contribution in [0.5, 0.6) is 5.75 Å². The zero-order valence-electron chi connectivity index (χ0n) is 18.7. The van der Waals surface area contributed by atoms with E-state index in [1.165, 1.54) is 37.5 Å². The fourth-order valence-electron chi connectivity index (χ4n) is 3.90. The van der Waals surface area contributed by atoms with Gasteiger partial charge in [-0.1, -0.05) is 18.2 Å². The minimum atomic E-state index is -0.460. The van der Waals surface area contributed by atoms with Gasteiger partial charge in [0.25, 0.3) is 0 Å². The average Bonchev–Trinajstić information content (AvgIpc) is 2.83. The van der Waals surface area contributed by atoms with Crippen molar-refractivity contribution in [1.29, 1.82) is 0 Å². The van der Waals surface area contributed by atoms with Crippen molar-refractivity contribution in [1.82, 2.24) is 4.90 Å². The van der Waals surface area contributed by atoms with Crippen LogP contribution in [0, 0.1) is 11.6 Å². The van der Waals surface area contributed by atoms with Crippen molar-refractivity contribution in [2.45, 2.75) is 0 Å². The van der Waals surface area contributed by atoms with E-state index in [0.717, 1.165) is 43.0 Å². The molecule has 0 N–H and O–H groups in total. The van der Waals surface area contributed by atoms with Gasteiger partial charge in [0.2, 0.25) is 0 Å². The third-order valence-corrected chi connectivity index (χ3v) is 5.91. The van der Waals surface area contributed by atoms with E-state index in [-0.39, 0.29) is 11.6 Å². The van der Waals surface area contributed by atoms with E-state index in [4.69, 9.17) is 4.74 Å². The fraction of sp³-hybridized carbons (Fsp3) is 0.222. The van der Waals surface area contributed by atoms with Crippen molar-refractivity contribution < 1.29 is 18.3 Å². The lowest BCUT2D eigenvalue weighted by Gasteiger charge is -2.35. The second kappa shape index (κ2) is 9.96. The summed E-state index contributed by atoms with van der Waals surface area (Å²) < 4.78 is 32.7. The highest BCUT2D eigenvalue weighted by Gasteiger charge is 2.20. The second-order valence-electron chi connectivity index (χ2n) is 8.11. The molecule has 0 spiro atoms. The maximum Gasteiger partial charge on any atom is 0.187 e. The molecule has 4 nitrogen and oxygen atoms in total. The number of methoxy groups -OCH3 is 1. The Balaban J connectivity index is 1.69. The van der Waals surface area contributed by atoms with Crippen LogP contribution in [0.4, 0.5) is 14.5 Å². The Morgan fingerprint density at radius 2 is 1.61 bits per heavy atom. The molecule has 170 valence electrons. The molecule has 0 saturated carbocycles. The first kappa shape index (κ1) is 22.7. The third kappa shape index (κ3) is 5.29. The smallest absolute Gasteiger partial charge is 0.187 e.